The Balaban J connectivity index is 1.57. The van der Waals surface area contributed by atoms with Crippen LogP contribution >= 0.6 is 0 Å². The fourth-order valence-electron chi connectivity index (χ4n) is 2.95. The summed E-state index contributed by atoms with van der Waals surface area (Å²) in [6.45, 7) is 5.09. The van der Waals surface area contributed by atoms with Gasteiger partial charge in [-0.2, -0.15) is 0 Å². The topological polar surface area (TPSA) is 47.6 Å². The quantitative estimate of drug-likeness (QED) is 0.704. The van der Waals surface area contributed by atoms with Crippen LogP contribution in [0.3, 0.4) is 0 Å². The van der Waals surface area contributed by atoms with E-state index in [1.165, 1.54) is 0 Å². The van der Waals surface area contributed by atoms with Crippen molar-refractivity contribution in [3.05, 3.63) is 60.2 Å². The van der Waals surface area contributed by atoms with Gasteiger partial charge in [0.2, 0.25) is 0 Å². The molecule has 2 aromatic rings. The molecule has 26 heavy (non-hydrogen) atoms. The lowest BCUT2D eigenvalue weighted by molar-refractivity contribution is -0.142. The molecule has 1 atom stereocenters. The summed E-state index contributed by atoms with van der Waals surface area (Å²) in [5.41, 5.74) is 1.14. The number of benzene rings is 2. The summed E-state index contributed by atoms with van der Waals surface area (Å²) in [6, 6.07) is 17.5. The van der Waals surface area contributed by atoms with Crippen LogP contribution < -0.4 is 10.1 Å². The van der Waals surface area contributed by atoms with Gasteiger partial charge in [-0.3, -0.25) is 4.79 Å². The Bertz CT molecular complexity index is 710. The number of nitrogens with one attached hydrogen (secondary N) is 1. The molecule has 1 saturated carbocycles. The predicted molar refractivity (Wildman–Crippen MR) is 103 cm³/mol. The number of anilines is 1. The highest BCUT2D eigenvalue weighted by atomic mass is 16.5. The minimum Gasteiger partial charge on any atom is -0.489 e. The second-order valence-corrected chi connectivity index (χ2v) is 6.98. The van der Waals surface area contributed by atoms with Crippen LogP contribution in [0.25, 0.3) is 0 Å². The molecule has 1 fully saturated rings. The highest BCUT2D eigenvalue weighted by molar-refractivity contribution is 5.97. The van der Waals surface area contributed by atoms with Gasteiger partial charge in [0.1, 0.15) is 18.0 Å². The van der Waals surface area contributed by atoms with Gasteiger partial charge in [0.15, 0.2) is 0 Å². The number of hydrogen-bond acceptors (Lipinski definition) is 3. The second kappa shape index (κ2) is 8.37. The first-order chi connectivity index (χ1) is 12.6. The third kappa shape index (κ3) is 4.64. The Hall–Kier alpha value is -2.33. The molecular weight excluding hydrogens is 326 g/mol. The van der Waals surface area contributed by atoms with Crippen LogP contribution in [-0.2, 0) is 16.1 Å². The minimum absolute atomic E-state index is 0.0635. The van der Waals surface area contributed by atoms with Gasteiger partial charge in [0.25, 0.3) is 5.91 Å². The maximum Gasteiger partial charge on any atom is 0.256 e. The molecule has 1 aliphatic rings. The normalized spacial score (nSPS) is 15.9. The van der Waals surface area contributed by atoms with E-state index < -0.39 is 5.60 Å². The number of ether oxygens (including phenoxy) is 2. The molecule has 4 heteroatoms. The molecule has 0 radical (unpaired) electrons. The largest absolute Gasteiger partial charge is 0.489 e. The Morgan fingerprint density at radius 2 is 1.81 bits per heavy atom. The van der Waals surface area contributed by atoms with Gasteiger partial charge in [-0.15, -0.1) is 0 Å². The van der Waals surface area contributed by atoms with Crippen molar-refractivity contribution in [2.45, 2.75) is 45.3 Å². The van der Waals surface area contributed by atoms with Gasteiger partial charge in [-0.05, 0) is 61.9 Å². The first-order valence-corrected chi connectivity index (χ1v) is 9.34. The molecule has 3 rings (SSSR count). The molecule has 2 aromatic carbocycles. The summed E-state index contributed by atoms with van der Waals surface area (Å²) in [7, 11) is 0. The van der Waals surface area contributed by atoms with E-state index in [4.69, 9.17) is 9.47 Å². The number of carbonyl (C=O) groups is 1. The van der Waals surface area contributed by atoms with Gasteiger partial charge in [0.05, 0.1) is 0 Å². The van der Waals surface area contributed by atoms with Crippen LogP contribution in [-0.4, -0.2) is 18.1 Å². The van der Waals surface area contributed by atoms with E-state index in [9.17, 15) is 4.79 Å². The van der Waals surface area contributed by atoms with Crippen LogP contribution in [0.4, 0.5) is 5.69 Å². The van der Waals surface area contributed by atoms with E-state index in [-0.39, 0.29) is 5.91 Å². The number of carbonyl (C=O) groups excluding carboxylic acids is 1. The molecule has 1 aliphatic carbocycles. The van der Waals surface area contributed by atoms with Gasteiger partial charge < -0.3 is 14.8 Å². The zero-order valence-electron chi connectivity index (χ0n) is 15.5. The monoisotopic (exact) mass is 353 g/mol. The minimum atomic E-state index is -0.738. The predicted octanol–water partition coefficient (Wildman–Crippen LogP) is 4.80. The number of hydrogen-bond donors (Lipinski definition) is 1. The van der Waals surface area contributed by atoms with Crippen molar-refractivity contribution < 1.29 is 14.3 Å². The smallest absolute Gasteiger partial charge is 0.256 e. The molecule has 0 heterocycles. The summed E-state index contributed by atoms with van der Waals surface area (Å²) in [6.07, 6.45) is 3.02. The van der Waals surface area contributed by atoms with E-state index >= 15 is 0 Å². The molecule has 0 unspecified atom stereocenters. The zero-order chi connectivity index (χ0) is 18.4. The van der Waals surface area contributed by atoms with Crippen molar-refractivity contribution >= 4 is 11.6 Å². The highest BCUT2D eigenvalue weighted by Crippen LogP contribution is 2.42. The summed E-state index contributed by atoms with van der Waals surface area (Å²) >= 11 is 0. The number of amides is 1. The standard InChI is InChI=1S/C22H27NO3/c1-3-15-26-22(2,18-9-10-18)21(24)23-19-11-13-20(14-12-19)25-16-17-7-5-4-6-8-17/h4-8,11-14,18H,3,9-10,15-16H2,1-2H3,(H,23,24)/t22-/m0/s1. The Morgan fingerprint density at radius 1 is 1.12 bits per heavy atom. The van der Waals surface area contributed by atoms with Crippen molar-refractivity contribution in [2.24, 2.45) is 5.92 Å². The van der Waals surface area contributed by atoms with Gasteiger partial charge >= 0.3 is 0 Å². The fraction of sp³-hybridized carbons (Fsp3) is 0.409. The summed E-state index contributed by atoms with van der Waals surface area (Å²) < 4.78 is 11.7. The SMILES string of the molecule is CCCO[C@](C)(C(=O)Nc1ccc(OCc2ccccc2)cc1)C1CC1. The number of rotatable bonds is 9. The lowest BCUT2D eigenvalue weighted by Gasteiger charge is -2.28. The summed E-state index contributed by atoms with van der Waals surface area (Å²) in [5.74, 6) is 1.04. The van der Waals surface area contributed by atoms with Crippen LogP contribution in [0.15, 0.2) is 54.6 Å². The van der Waals surface area contributed by atoms with Gasteiger partial charge in [-0.25, -0.2) is 0 Å². The summed E-state index contributed by atoms with van der Waals surface area (Å²) in [4.78, 5) is 12.8. The maximum atomic E-state index is 12.8. The van der Waals surface area contributed by atoms with Crippen molar-refractivity contribution in [1.82, 2.24) is 0 Å². The Kier molecular flexibility index (Phi) is 5.94. The zero-order valence-corrected chi connectivity index (χ0v) is 15.5. The van der Waals surface area contributed by atoms with Crippen molar-refractivity contribution in [3.63, 3.8) is 0 Å². The lowest BCUT2D eigenvalue weighted by Crippen LogP contribution is -2.45. The van der Waals surface area contributed by atoms with Crippen LogP contribution in [0.5, 0.6) is 5.75 Å². The second-order valence-electron chi connectivity index (χ2n) is 6.98. The van der Waals surface area contributed by atoms with Crippen molar-refractivity contribution in [3.8, 4) is 5.75 Å². The maximum absolute atomic E-state index is 12.8. The first-order valence-electron chi connectivity index (χ1n) is 9.34. The average Bonchev–Trinajstić information content (AvgIpc) is 3.52. The third-order valence-electron chi connectivity index (χ3n) is 4.77. The van der Waals surface area contributed by atoms with Gasteiger partial charge in [0, 0.05) is 12.3 Å². The van der Waals surface area contributed by atoms with Crippen molar-refractivity contribution in [2.75, 3.05) is 11.9 Å². The molecule has 1 N–H and O–H groups in total. The summed E-state index contributed by atoms with van der Waals surface area (Å²) in [5, 5.41) is 2.99. The molecule has 0 aromatic heterocycles. The highest BCUT2D eigenvalue weighted by Gasteiger charge is 2.48. The molecule has 0 aliphatic heterocycles. The molecule has 0 spiro atoms. The Labute approximate surface area is 155 Å². The molecule has 0 bridgehead atoms. The van der Waals surface area contributed by atoms with E-state index in [2.05, 4.69) is 12.2 Å². The van der Waals surface area contributed by atoms with Crippen molar-refractivity contribution in [1.29, 1.82) is 0 Å². The lowest BCUT2D eigenvalue weighted by atomic mass is 9.98. The van der Waals surface area contributed by atoms with E-state index in [0.29, 0.717) is 19.1 Å². The molecule has 0 saturated heterocycles. The molecule has 1 amide bonds. The fourth-order valence-corrected chi connectivity index (χ4v) is 2.95. The van der Waals surface area contributed by atoms with E-state index in [1.807, 2.05) is 61.5 Å². The van der Waals surface area contributed by atoms with Crippen LogP contribution in [0.1, 0.15) is 38.7 Å². The Morgan fingerprint density at radius 3 is 2.42 bits per heavy atom. The van der Waals surface area contributed by atoms with Crippen LogP contribution in [0.2, 0.25) is 0 Å². The van der Waals surface area contributed by atoms with E-state index in [1.54, 1.807) is 0 Å². The molecule has 4 nitrogen and oxygen atoms in total. The van der Waals surface area contributed by atoms with E-state index in [0.717, 1.165) is 36.3 Å². The van der Waals surface area contributed by atoms with Gasteiger partial charge in [-0.1, -0.05) is 37.3 Å². The average molecular weight is 353 g/mol. The first kappa shape index (κ1) is 18.5. The molecule has 138 valence electrons. The third-order valence-corrected chi connectivity index (χ3v) is 4.77. The molecular formula is C22H27NO3. The van der Waals surface area contributed by atoms with Crippen LogP contribution in [0, 0.1) is 5.92 Å².